The predicted octanol–water partition coefficient (Wildman–Crippen LogP) is 5.45. The lowest BCUT2D eigenvalue weighted by atomic mass is 10.1. The molecule has 3 N–H and O–H groups in total. The highest BCUT2D eigenvalue weighted by Crippen LogP contribution is 2.25. The van der Waals surface area contributed by atoms with E-state index >= 15 is 0 Å². The van der Waals surface area contributed by atoms with Gasteiger partial charge in [-0.15, -0.1) is 0 Å². The number of aliphatic hydroxyl groups is 1. The summed E-state index contributed by atoms with van der Waals surface area (Å²) in [4.78, 5) is 12.8. The molecule has 5 rings (SSSR count). The molecule has 2 heterocycles. The van der Waals surface area contributed by atoms with Crippen LogP contribution < -0.4 is 21.1 Å². The maximum atomic E-state index is 12.8. The molecule has 0 saturated heterocycles. The van der Waals surface area contributed by atoms with Crippen LogP contribution in [0, 0.1) is 0 Å². The summed E-state index contributed by atoms with van der Waals surface area (Å²) < 4.78 is 16.7. The van der Waals surface area contributed by atoms with Crippen LogP contribution in [0.5, 0.6) is 5.75 Å². The van der Waals surface area contributed by atoms with Crippen LogP contribution in [0.3, 0.4) is 0 Å². The minimum Gasteiger partial charge on any atom is -0.494 e. The van der Waals surface area contributed by atoms with Crippen LogP contribution in [0.25, 0.3) is 5.69 Å². The summed E-state index contributed by atoms with van der Waals surface area (Å²) in [7, 11) is 0. The van der Waals surface area contributed by atoms with E-state index in [-0.39, 0.29) is 18.3 Å². The Morgan fingerprint density at radius 2 is 1.52 bits per heavy atom. The molecule has 242 valence electrons. The molecular formula is C35H43N7O4. The van der Waals surface area contributed by atoms with Gasteiger partial charge in [0.1, 0.15) is 12.1 Å². The topological polar surface area (TPSA) is 120 Å². The molecule has 0 aliphatic carbocycles. The Bertz CT molecular complexity index is 1650. The zero-order valence-corrected chi connectivity index (χ0v) is 26.5. The van der Waals surface area contributed by atoms with Gasteiger partial charge in [-0.05, 0) is 67.4 Å². The predicted molar refractivity (Wildman–Crippen MR) is 179 cm³/mol. The Morgan fingerprint density at radius 1 is 0.848 bits per heavy atom. The van der Waals surface area contributed by atoms with Gasteiger partial charge in [-0.25, -0.2) is 14.0 Å². The number of aromatic nitrogens is 5. The van der Waals surface area contributed by atoms with Gasteiger partial charge in [0.05, 0.1) is 31.5 Å². The highest BCUT2D eigenvalue weighted by Gasteiger charge is 2.31. The van der Waals surface area contributed by atoms with E-state index < -0.39 is 5.79 Å². The molecule has 0 fully saturated rings. The van der Waals surface area contributed by atoms with E-state index in [4.69, 9.17) is 9.47 Å². The van der Waals surface area contributed by atoms with E-state index in [1.54, 1.807) is 32.7 Å². The lowest BCUT2D eigenvalue weighted by molar-refractivity contribution is -0.224. The quantitative estimate of drug-likeness (QED) is 0.0869. The monoisotopic (exact) mass is 625 g/mol. The first-order chi connectivity index (χ1) is 22.5. The molecule has 0 aliphatic rings. The Hall–Kier alpha value is -4.87. The molecule has 0 spiro atoms. The first-order valence-corrected chi connectivity index (χ1v) is 15.9. The van der Waals surface area contributed by atoms with Crippen LogP contribution in [0.15, 0.2) is 108 Å². The summed E-state index contributed by atoms with van der Waals surface area (Å²) in [6, 6.07) is 26.9. The molecule has 2 aromatic heterocycles. The Morgan fingerprint density at radius 3 is 2.15 bits per heavy atom. The lowest BCUT2D eigenvalue weighted by Gasteiger charge is -2.28. The van der Waals surface area contributed by atoms with Crippen molar-refractivity contribution in [2.24, 2.45) is 0 Å². The lowest BCUT2D eigenvalue weighted by Crippen LogP contribution is -2.35. The SMILES string of the molecule is CCC(CC)n1ncn(-c2ccc(NCCNc3ccc(OCCCOC(O)(Cn4cccn4)c4ccccc4)cc3)cc2)c1=O. The number of rotatable bonds is 18. The van der Waals surface area contributed by atoms with Gasteiger partial charge in [0, 0.05) is 48.8 Å². The second-order valence-electron chi connectivity index (χ2n) is 11.0. The maximum absolute atomic E-state index is 12.8. The molecule has 0 radical (unpaired) electrons. The molecule has 0 amide bonds. The fourth-order valence-corrected chi connectivity index (χ4v) is 5.22. The number of benzene rings is 3. The van der Waals surface area contributed by atoms with Gasteiger partial charge in [-0.2, -0.15) is 10.2 Å². The summed E-state index contributed by atoms with van der Waals surface area (Å²) in [5.41, 5.74) is 3.32. The van der Waals surface area contributed by atoms with Crippen molar-refractivity contribution < 1.29 is 14.6 Å². The molecule has 46 heavy (non-hydrogen) atoms. The molecule has 3 aromatic carbocycles. The van der Waals surface area contributed by atoms with Crippen molar-refractivity contribution >= 4 is 11.4 Å². The number of nitrogens with one attached hydrogen (secondary N) is 2. The smallest absolute Gasteiger partial charge is 0.350 e. The molecule has 1 atom stereocenters. The van der Waals surface area contributed by atoms with E-state index in [0.717, 1.165) is 48.7 Å². The Balaban J connectivity index is 1.01. The molecule has 11 nitrogen and oxygen atoms in total. The average molecular weight is 626 g/mol. The van der Waals surface area contributed by atoms with E-state index in [1.165, 1.54) is 0 Å². The van der Waals surface area contributed by atoms with Gasteiger partial charge < -0.3 is 25.2 Å². The first-order valence-electron chi connectivity index (χ1n) is 15.9. The zero-order valence-electron chi connectivity index (χ0n) is 26.5. The van der Waals surface area contributed by atoms with Crippen LogP contribution in [0.4, 0.5) is 11.4 Å². The summed E-state index contributed by atoms with van der Waals surface area (Å²) in [5.74, 6) is -0.722. The van der Waals surface area contributed by atoms with Gasteiger partial charge in [0.25, 0.3) is 0 Å². The average Bonchev–Trinajstić information content (AvgIpc) is 3.74. The van der Waals surface area contributed by atoms with E-state index in [2.05, 4.69) is 34.7 Å². The summed E-state index contributed by atoms with van der Waals surface area (Å²) in [6.45, 7) is 6.55. The molecular weight excluding hydrogens is 582 g/mol. The van der Waals surface area contributed by atoms with Gasteiger partial charge >= 0.3 is 5.69 Å². The minimum atomic E-state index is -1.49. The van der Waals surface area contributed by atoms with E-state index in [1.807, 2.05) is 84.9 Å². The van der Waals surface area contributed by atoms with Crippen LogP contribution >= 0.6 is 0 Å². The normalized spacial score (nSPS) is 12.6. The van der Waals surface area contributed by atoms with Crippen molar-refractivity contribution in [3.05, 3.63) is 120 Å². The zero-order chi connectivity index (χ0) is 32.2. The van der Waals surface area contributed by atoms with Crippen LogP contribution in [-0.2, 0) is 17.1 Å². The molecule has 0 bridgehead atoms. The van der Waals surface area contributed by atoms with Gasteiger partial charge in [-0.3, -0.25) is 4.68 Å². The molecule has 11 heteroatoms. The molecule has 0 aliphatic heterocycles. The van der Waals surface area contributed by atoms with E-state index in [9.17, 15) is 9.90 Å². The number of nitrogens with zero attached hydrogens (tertiary/aromatic N) is 5. The highest BCUT2D eigenvalue weighted by molar-refractivity contribution is 5.50. The molecule has 5 aromatic rings. The fourth-order valence-electron chi connectivity index (χ4n) is 5.22. The van der Waals surface area contributed by atoms with Crippen molar-refractivity contribution in [2.75, 3.05) is 36.9 Å². The maximum Gasteiger partial charge on any atom is 0.350 e. The third kappa shape index (κ3) is 8.43. The summed E-state index contributed by atoms with van der Waals surface area (Å²) in [6.07, 6.45) is 7.42. The minimum absolute atomic E-state index is 0.113. The van der Waals surface area contributed by atoms with Crippen LogP contribution in [0.2, 0.25) is 0 Å². The first kappa shape index (κ1) is 32.5. The van der Waals surface area contributed by atoms with Crippen molar-refractivity contribution in [1.29, 1.82) is 0 Å². The number of anilines is 2. The number of hydrogen-bond acceptors (Lipinski definition) is 8. The Labute approximate surface area is 269 Å². The number of hydrogen-bond donors (Lipinski definition) is 3. The standard InChI is InChI=1S/C35H43N7O4/c1-3-31(4-2)42-34(43)41(27-39-42)32-16-12-29(13-17-32)36-21-22-37-30-14-18-33(19-15-30)45-24-9-25-46-35(44,26-40-23-8-20-38-40)28-10-6-5-7-11-28/h5-8,10-20,23,27,31,36-37,44H,3-4,9,21-22,24-26H2,1-2H3. The van der Waals surface area contributed by atoms with Crippen molar-refractivity contribution in [3.63, 3.8) is 0 Å². The molecule has 1 unspecified atom stereocenters. The second kappa shape index (κ2) is 15.9. The molecule has 0 saturated carbocycles. The second-order valence-corrected chi connectivity index (χ2v) is 11.0. The summed E-state index contributed by atoms with van der Waals surface area (Å²) >= 11 is 0. The van der Waals surface area contributed by atoms with Gasteiger partial charge in [-0.1, -0.05) is 44.2 Å². The van der Waals surface area contributed by atoms with Crippen molar-refractivity contribution in [3.8, 4) is 11.4 Å². The van der Waals surface area contributed by atoms with Gasteiger partial charge in [0.15, 0.2) is 0 Å². The largest absolute Gasteiger partial charge is 0.494 e. The fraction of sp³-hybridized carbons (Fsp3) is 0.343. The third-order valence-electron chi connectivity index (χ3n) is 7.82. The van der Waals surface area contributed by atoms with Crippen LogP contribution in [-0.4, -0.2) is 55.5 Å². The highest BCUT2D eigenvalue weighted by atomic mass is 16.6. The van der Waals surface area contributed by atoms with Crippen LogP contribution in [0.1, 0.15) is 44.7 Å². The summed E-state index contributed by atoms with van der Waals surface area (Å²) in [5, 5.41) is 26.6. The van der Waals surface area contributed by atoms with Crippen molar-refractivity contribution in [1.82, 2.24) is 24.1 Å². The van der Waals surface area contributed by atoms with E-state index in [0.29, 0.717) is 25.2 Å². The number of ether oxygens (including phenoxy) is 2. The van der Waals surface area contributed by atoms with Gasteiger partial charge in [0.2, 0.25) is 5.79 Å². The Kier molecular flexibility index (Phi) is 11.3. The van der Waals surface area contributed by atoms with Crippen molar-refractivity contribution in [2.45, 2.75) is 51.5 Å². The third-order valence-corrected chi connectivity index (χ3v) is 7.82.